The molecule has 3 N–H and O–H groups in total. The standard InChI is InChI=1S/C15H22N2OS2/c1-4-15(5-2,19-3)11-17-14(18)13-9-8-12(20-13)7-6-10-16/h8-9H,4-5,10-11,16H2,1-3H3,(H,17,18). The largest absolute Gasteiger partial charge is 0.350 e. The topological polar surface area (TPSA) is 55.1 Å². The lowest BCUT2D eigenvalue weighted by Gasteiger charge is -2.29. The van der Waals surface area contributed by atoms with E-state index < -0.39 is 0 Å². The van der Waals surface area contributed by atoms with E-state index in [9.17, 15) is 4.79 Å². The highest BCUT2D eigenvalue weighted by Crippen LogP contribution is 2.29. The van der Waals surface area contributed by atoms with Gasteiger partial charge in [0.25, 0.3) is 5.91 Å². The Hall–Kier alpha value is -0.960. The molecule has 110 valence electrons. The van der Waals surface area contributed by atoms with Crippen molar-refractivity contribution in [2.24, 2.45) is 5.73 Å². The van der Waals surface area contributed by atoms with Crippen molar-refractivity contribution in [2.45, 2.75) is 31.4 Å². The molecule has 5 heteroatoms. The van der Waals surface area contributed by atoms with E-state index in [0.717, 1.165) is 17.7 Å². The average Bonchev–Trinajstić information content (AvgIpc) is 2.96. The molecule has 1 aromatic rings. The van der Waals surface area contributed by atoms with Crippen LogP contribution in [0.15, 0.2) is 12.1 Å². The predicted octanol–water partition coefficient (Wildman–Crippen LogP) is 2.71. The molecule has 3 nitrogen and oxygen atoms in total. The Labute approximate surface area is 129 Å². The van der Waals surface area contributed by atoms with E-state index in [2.05, 4.69) is 37.3 Å². The van der Waals surface area contributed by atoms with Gasteiger partial charge in [-0.3, -0.25) is 4.79 Å². The third kappa shape index (κ3) is 4.55. The van der Waals surface area contributed by atoms with Gasteiger partial charge in [-0.1, -0.05) is 25.7 Å². The lowest BCUT2D eigenvalue weighted by atomic mass is 10.0. The summed E-state index contributed by atoms with van der Waals surface area (Å²) in [6.07, 6.45) is 4.19. The minimum absolute atomic E-state index is 0.0175. The first-order valence-corrected chi connectivity index (χ1v) is 8.77. The summed E-state index contributed by atoms with van der Waals surface area (Å²) >= 11 is 3.23. The summed E-state index contributed by atoms with van der Waals surface area (Å²) in [7, 11) is 0. The van der Waals surface area contributed by atoms with Crippen LogP contribution in [-0.4, -0.2) is 30.0 Å². The van der Waals surface area contributed by atoms with Crippen molar-refractivity contribution in [1.82, 2.24) is 5.32 Å². The van der Waals surface area contributed by atoms with Gasteiger partial charge in [0.05, 0.1) is 16.3 Å². The number of hydrogen-bond acceptors (Lipinski definition) is 4. The Kier molecular flexibility index (Phi) is 7.14. The molecule has 0 unspecified atom stereocenters. The minimum Gasteiger partial charge on any atom is -0.350 e. The Morgan fingerprint density at radius 3 is 2.70 bits per heavy atom. The van der Waals surface area contributed by atoms with Crippen LogP contribution in [-0.2, 0) is 0 Å². The molecule has 0 radical (unpaired) electrons. The Morgan fingerprint density at radius 1 is 1.45 bits per heavy atom. The first-order chi connectivity index (χ1) is 9.60. The van der Waals surface area contributed by atoms with E-state index in [1.54, 1.807) is 0 Å². The average molecular weight is 310 g/mol. The molecule has 0 fully saturated rings. The van der Waals surface area contributed by atoms with Crippen LogP contribution in [0.5, 0.6) is 0 Å². The second-order valence-electron chi connectivity index (χ2n) is 4.45. The molecule has 1 rings (SSSR count). The molecule has 0 atom stereocenters. The Bertz CT molecular complexity index is 487. The summed E-state index contributed by atoms with van der Waals surface area (Å²) in [5, 5.41) is 3.04. The quantitative estimate of drug-likeness (QED) is 0.794. The van der Waals surface area contributed by atoms with E-state index >= 15 is 0 Å². The number of carbonyl (C=O) groups excluding carboxylic acids is 1. The predicted molar refractivity (Wildman–Crippen MR) is 89.4 cm³/mol. The van der Waals surface area contributed by atoms with Crippen molar-refractivity contribution in [3.05, 3.63) is 21.9 Å². The van der Waals surface area contributed by atoms with Crippen LogP contribution in [0.3, 0.4) is 0 Å². The third-order valence-corrected chi connectivity index (χ3v) is 6.02. The van der Waals surface area contributed by atoms with Gasteiger partial charge < -0.3 is 11.1 Å². The van der Waals surface area contributed by atoms with Crippen molar-refractivity contribution in [3.63, 3.8) is 0 Å². The van der Waals surface area contributed by atoms with Crippen molar-refractivity contribution in [1.29, 1.82) is 0 Å². The maximum absolute atomic E-state index is 12.1. The highest BCUT2D eigenvalue weighted by Gasteiger charge is 2.25. The second-order valence-corrected chi connectivity index (χ2v) is 6.80. The smallest absolute Gasteiger partial charge is 0.261 e. The van der Waals surface area contributed by atoms with Crippen molar-refractivity contribution in [3.8, 4) is 11.8 Å². The Balaban J connectivity index is 2.65. The molecular weight excluding hydrogens is 288 g/mol. The van der Waals surface area contributed by atoms with Crippen LogP contribution in [0.25, 0.3) is 0 Å². The number of thioether (sulfide) groups is 1. The molecule has 0 aliphatic rings. The van der Waals surface area contributed by atoms with Gasteiger partial charge >= 0.3 is 0 Å². The molecule has 0 aliphatic heterocycles. The third-order valence-electron chi connectivity index (χ3n) is 3.44. The number of hydrogen-bond donors (Lipinski definition) is 2. The van der Waals surface area contributed by atoms with Gasteiger partial charge in [0.1, 0.15) is 0 Å². The van der Waals surface area contributed by atoms with E-state index in [0.29, 0.717) is 18.0 Å². The maximum Gasteiger partial charge on any atom is 0.261 e. The molecule has 1 amide bonds. The lowest BCUT2D eigenvalue weighted by Crippen LogP contribution is -2.39. The fraction of sp³-hybridized carbons (Fsp3) is 0.533. The molecule has 0 saturated heterocycles. The van der Waals surface area contributed by atoms with Gasteiger partial charge in [-0.05, 0) is 31.2 Å². The normalized spacial score (nSPS) is 10.8. The van der Waals surface area contributed by atoms with Gasteiger partial charge in [0, 0.05) is 11.3 Å². The van der Waals surface area contributed by atoms with Crippen molar-refractivity contribution >= 4 is 29.0 Å². The fourth-order valence-electron chi connectivity index (χ4n) is 1.85. The van der Waals surface area contributed by atoms with E-state index in [1.807, 2.05) is 23.9 Å². The van der Waals surface area contributed by atoms with E-state index in [-0.39, 0.29) is 10.7 Å². The molecule has 0 spiro atoms. The highest BCUT2D eigenvalue weighted by atomic mass is 32.2. The van der Waals surface area contributed by atoms with Gasteiger partial charge in [-0.15, -0.1) is 11.3 Å². The molecule has 0 aromatic carbocycles. The number of thiophene rings is 1. The summed E-state index contributed by atoms with van der Waals surface area (Å²) < 4.78 is 0.134. The van der Waals surface area contributed by atoms with E-state index in [1.165, 1.54) is 11.3 Å². The summed E-state index contributed by atoms with van der Waals surface area (Å²) in [5.74, 6) is 5.72. The van der Waals surface area contributed by atoms with Crippen LogP contribution in [0, 0.1) is 11.8 Å². The van der Waals surface area contributed by atoms with Crippen LogP contribution in [0.4, 0.5) is 0 Å². The zero-order chi connectivity index (χ0) is 15.0. The second kappa shape index (κ2) is 8.35. The molecule has 0 saturated carbocycles. The lowest BCUT2D eigenvalue weighted by molar-refractivity contribution is 0.0953. The zero-order valence-corrected chi connectivity index (χ0v) is 13.9. The molecular formula is C15H22N2OS2. The maximum atomic E-state index is 12.1. The molecule has 0 bridgehead atoms. The molecule has 1 heterocycles. The monoisotopic (exact) mass is 310 g/mol. The van der Waals surface area contributed by atoms with Gasteiger partial charge in [0.2, 0.25) is 0 Å². The summed E-state index contributed by atoms with van der Waals surface area (Å²) in [4.78, 5) is 13.7. The molecule has 20 heavy (non-hydrogen) atoms. The molecule has 0 aliphatic carbocycles. The number of nitrogens with one attached hydrogen (secondary N) is 1. The number of carbonyl (C=O) groups is 1. The number of rotatable bonds is 6. The molecule has 1 aromatic heterocycles. The first-order valence-electron chi connectivity index (χ1n) is 6.73. The van der Waals surface area contributed by atoms with Crippen molar-refractivity contribution in [2.75, 3.05) is 19.3 Å². The minimum atomic E-state index is -0.0175. The summed E-state index contributed by atoms with van der Waals surface area (Å²) in [6, 6.07) is 3.68. The van der Waals surface area contributed by atoms with Gasteiger partial charge in [-0.25, -0.2) is 0 Å². The fourth-order valence-corrected chi connectivity index (χ4v) is 3.45. The van der Waals surface area contributed by atoms with Crippen LogP contribution in [0.1, 0.15) is 41.2 Å². The van der Waals surface area contributed by atoms with Crippen LogP contribution >= 0.6 is 23.1 Å². The highest BCUT2D eigenvalue weighted by molar-refractivity contribution is 8.00. The van der Waals surface area contributed by atoms with Crippen LogP contribution < -0.4 is 11.1 Å². The van der Waals surface area contributed by atoms with E-state index in [4.69, 9.17) is 5.73 Å². The van der Waals surface area contributed by atoms with Crippen molar-refractivity contribution < 1.29 is 4.79 Å². The number of nitrogens with two attached hydrogens (primary N) is 1. The van der Waals surface area contributed by atoms with Crippen LogP contribution in [0.2, 0.25) is 0 Å². The Morgan fingerprint density at radius 2 is 2.15 bits per heavy atom. The SMILES string of the molecule is CCC(CC)(CNC(=O)c1ccc(C#CCN)s1)SC. The summed E-state index contributed by atoms with van der Waals surface area (Å²) in [5.41, 5.74) is 5.33. The number of amides is 1. The summed E-state index contributed by atoms with van der Waals surface area (Å²) in [6.45, 7) is 5.36. The van der Waals surface area contributed by atoms with Gasteiger partial charge in [0.15, 0.2) is 0 Å². The zero-order valence-electron chi connectivity index (χ0n) is 12.3. The van der Waals surface area contributed by atoms with Gasteiger partial charge in [-0.2, -0.15) is 11.8 Å². The first kappa shape index (κ1) is 17.1.